The predicted octanol–water partition coefficient (Wildman–Crippen LogP) is 0.150. The number of nitrogens with one attached hydrogen (secondary N) is 2. The Bertz CT molecular complexity index is 528. The zero-order valence-corrected chi connectivity index (χ0v) is 11.8. The topological polar surface area (TPSA) is 79.2 Å². The van der Waals surface area contributed by atoms with E-state index in [9.17, 15) is 9.90 Å². The highest BCUT2D eigenvalue weighted by molar-refractivity contribution is 5.77. The van der Waals surface area contributed by atoms with Gasteiger partial charge in [-0.1, -0.05) is 30.3 Å². The van der Waals surface area contributed by atoms with Crippen LogP contribution in [-0.4, -0.2) is 40.0 Å². The van der Waals surface area contributed by atoms with Crippen molar-refractivity contribution in [3.63, 3.8) is 0 Å². The van der Waals surface area contributed by atoms with Crippen molar-refractivity contribution in [1.82, 2.24) is 20.4 Å². The highest BCUT2D eigenvalue weighted by atomic mass is 16.3. The molecule has 0 radical (unpaired) electrons. The number of aliphatic hydroxyl groups is 1. The van der Waals surface area contributed by atoms with Crippen molar-refractivity contribution < 1.29 is 9.90 Å². The lowest BCUT2D eigenvalue weighted by Crippen LogP contribution is -2.38. The van der Waals surface area contributed by atoms with E-state index in [2.05, 4.69) is 15.7 Å². The number of nitrogens with zero attached hydrogens (tertiary/aromatic N) is 2. The van der Waals surface area contributed by atoms with Crippen molar-refractivity contribution >= 4 is 5.91 Å². The van der Waals surface area contributed by atoms with E-state index in [4.69, 9.17) is 0 Å². The Kier molecular flexibility index (Phi) is 5.93. The maximum absolute atomic E-state index is 11.6. The molecular weight excluding hydrogens is 268 g/mol. The van der Waals surface area contributed by atoms with E-state index in [-0.39, 0.29) is 12.5 Å². The number of aliphatic hydroxyl groups excluding tert-OH is 1. The predicted molar refractivity (Wildman–Crippen MR) is 79.4 cm³/mol. The molecule has 1 amide bonds. The highest BCUT2D eigenvalue weighted by Gasteiger charge is 2.06. The van der Waals surface area contributed by atoms with Crippen LogP contribution >= 0.6 is 0 Å². The summed E-state index contributed by atoms with van der Waals surface area (Å²) in [6, 6.07) is 11.5. The Labute approximate surface area is 123 Å². The number of hydrogen-bond acceptors (Lipinski definition) is 4. The molecule has 0 aliphatic carbocycles. The van der Waals surface area contributed by atoms with Gasteiger partial charge in [0.05, 0.1) is 19.2 Å². The van der Waals surface area contributed by atoms with Crippen LogP contribution in [0.1, 0.15) is 5.56 Å². The summed E-state index contributed by atoms with van der Waals surface area (Å²) in [6.07, 6.45) is 2.87. The molecule has 0 saturated carbocycles. The minimum atomic E-state index is -0.577. The van der Waals surface area contributed by atoms with Crippen molar-refractivity contribution in [3.8, 4) is 0 Å². The summed E-state index contributed by atoms with van der Waals surface area (Å²) in [6.45, 7) is 1.45. The quantitative estimate of drug-likeness (QED) is 0.646. The summed E-state index contributed by atoms with van der Waals surface area (Å²) in [5.41, 5.74) is 1.06. The van der Waals surface area contributed by atoms with Crippen LogP contribution in [0.4, 0.5) is 0 Å². The molecule has 6 heteroatoms. The third kappa shape index (κ3) is 5.76. The first kappa shape index (κ1) is 15.2. The third-order valence-electron chi connectivity index (χ3n) is 2.96. The first-order chi connectivity index (χ1) is 10.2. The van der Waals surface area contributed by atoms with Crippen LogP contribution in [0.3, 0.4) is 0 Å². The molecule has 0 bridgehead atoms. The molecule has 1 heterocycles. The largest absolute Gasteiger partial charge is 0.390 e. The standard InChI is InChI=1S/C15H20N4O2/c20-14(12-19-8-4-7-18-19)10-16-11-15(21)17-9-13-5-2-1-3-6-13/h1-8,14,16,20H,9-12H2,(H,17,21). The van der Waals surface area contributed by atoms with Gasteiger partial charge >= 0.3 is 0 Å². The van der Waals surface area contributed by atoms with Gasteiger partial charge in [0.25, 0.3) is 0 Å². The SMILES string of the molecule is O=C(CNCC(O)Cn1cccn1)NCc1ccccc1. The molecule has 1 atom stereocenters. The van der Waals surface area contributed by atoms with Gasteiger partial charge in [0.2, 0.25) is 5.91 Å². The zero-order chi connectivity index (χ0) is 14.9. The molecular formula is C15H20N4O2. The van der Waals surface area contributed by atoms with E-state index in [0.29, 0.717) is 19.6 Å². The average molecular weight is 288 g/mol. The van der Waals surface area contributed by atoms with E-state index < -0.39 is 6.10 Å². The molecule has 1 aromatic carbocycles. The molecule has 112 valence electrons. The fourth-order valence-corrected chi connectivity index (χ4v) is 1.90. The number of amides is 1. The van der Waals surface area contributed by atoms with Gasteiger partial charge in [-0.3, -0.25) is 9.48 Å². The Morgan fingerprint density at radius 1 is 1.29 bits per heavy atom. The van der Waals surface area contributed by atoms with Crippen molar-refractivity contribution in [1.29, 1.82) is 0 Å². The van der Waals surface area contributed by atoms with Gasteiger partial charge in [0.1, 0.15) is 0 Å². The number of carbonyl (C=O) groups excluding carboxylic acids is 1. The molecule has 1 unspecified atom stereocenters. The molecule has 0 saturated heterocycles. The molecule has 2 aromatic rings. The summed E-state index contributed by atoms with van der Waals surface area (Å²) >= 11 is 0. The van der Waals surface area contributed by atoms with Crippen LogP contribution in [0, 0.1) is 0 Å². The van der Waals surface area contributed by atoms with E-state index in [0.717, 1.165) is 5.56 Å². The fourth-order valence-electron chi connectivity index (χ4n) is 1.90. The number of aromatic nitrogens is 2. The fraction of sp³-hybridized carbons (Fsp3) is 0.333. The molecule has 6 nitrogen and oxygen atoms in total. The minimum absolute atomic E-state index is 0.0925. The maximum Gasteiger partial charge on any atom is 0.234 e. The summed E-state index contributed by atoms with van der Waals surface area (Å²) in [5.74, 6) is -0.0925. The van der Waals surface area contributed by atoms with Gasteiger partial charge in [0, 0.05) is 25.5 Å². The number of carbonyl (C=O) groups is 1. The smallest absolute Gasteiger partial charge is 0.234 e. The second-order valence-electron chi connectivity index (χ2n) is 4.78. The van der Waals surface area contributed by atoms with E-state index in [1.165, 1.54) is 0 Å². The van der Waals surface area contributed by atoms with Crippen molar-refractivity contribution in [2.45, 2.75) is 19.2 Å². The first-order valence-electron chi connectivity index (χ1n) is 6.91. The van der Waals surface area contributed by atoms with Crippen LogP contribution in [0.2, 0.25) is 0 Å². The molecule has 0 fully saturated rings. The van der Waals surface area contributed by atoms with Gasteiger partial charge in [0.15, 0.2) is 0 Å². The Hall–Kier alpha value is -2.18. The Balaban J connectivity index is 1.58. The average Bonchev–Trinajstić information content (AvgIpc) is 2.99. The van der Waals surface area contributed by atoms with Gasteiger partial charge in [-0.05, 0) is 11.6 Å². The van der Waals surface area contributed by atoms with Gasteiger partial charge in [-0.25, -0.2) is 0 Å². The summed E-state index contributed by atoms with van der Waals surface area (Å²) in [7, 11) is 0. The van der Waals surface area contributed by atoms with Crippen molar-refractivity contribution in [3.05, 3.63) is 54.4 Å². The van der Waals surface area contributed by atoms with Gasteiger partial charge < -0.3 is 15.7 Å². The van der Waals surface area contributed by atoms with Crippen LogP contribution in [0.25, 0.3) is 0 Å². The third-order valence-corrected chi connectivity index (χ3v) is 2.96. The van der Waals surface area contributed by atoms with Crippen LogP contribution < -0.4 is 10.6 Å². The lowest BCUT2D eigenvalue weighted by Gasteiger charge is -2.12. The second-order valence-corrected chi connectivity index (χ2v) is 4.78. The monoisotopic (exact) mass is 288 g/mol. The maximum atomic E-state index is 11.6. The molecule has 21 heavy (non-hydrogen) atoms. The second kappa shape index (κ2) is 8.18. The van der Waals surface area contributed by atoms with E-state index in [1.807, 2.05) is 30.3 Å². The van der Waals surface area contributed by atoms with Crippen molar-refractivity contribution in [2.75, 3.05) is 13.1 Å². The van der Waals surface area contributed by atoms with Crippen LogP contribution in [0.15, 0.2) is 48.8 Å². The first-order valence-corrected chi connectivity index (χ1v) is 6.91. The Morgan fingerprint density at radius 3 is 2.81 bits per heavy atom. The normalized spacial score (nSPS) is 12.0. The number of benzene rings is 1. The molecule has 1 aromatic heterocycles. The van der Waals surface area contributed by atoms with E-state index >= 15 is 0 Å². The molecule has 2 rings (SSSR count). The number of hydrogen-bond donors (Lipinski definition) is 3. The molecule has 3 N–H and O–H groups in total. The minimum Gasteiger partial charge on any atom is -0.390 e. The molecule has 0 aliphatic heterocycles. The lowest BCUT2D eigenvalue weighted by molar-refractivity contribution is -0.120. The summed E-state index contributed by atoms with van der Waals surface area (Å²) in [4.78, 5) is 11.6. The lowest BCUT2D eigenvalue weighted by atomic mass is 10.2. The Morgan fingerprint density at radius 2 is 2.10 bits per heavy atom. The molecule has 0 spiro atoms. The number of rotatable bonds is 8. The zero-order valence-electron chi connectivity index (χ0n) is 11.8. The molecule has 0 aliphatic rings. The highest BCUT2D eigenvalue weighted by Crippen LogP contribution is 1.96. The van der Waals surface area contributed by atoms with Crippen LogP contribution in [0.5, 0.6) is 0 Å². The summed E-state index contributed by atoms with van der Waals surface area (Å²) < 4.78 is 1.65. The summed E-state index contributed by atoms with van der Waals surface area (Å²) in [5, 5.41) is 19.5. The van der Waals surface area contributed by atoms with E-state index in [1.54, 1.807) is 23.1 Å². The van der Waals surface area contributed by atoms with Gasteiger partial charge in [-0.2, -0.15) is 5.10 Å². The van der Waals surface area contributed by atoms with Crippen molar-refractivity contribution in [2.24, 2.45) is 0 Å². The van der Waals surface area contributed by atoms with Crippen LogP contribution in [-0.2, 0) is 17.9 Å². The van der Waals surface area contributed by atoms with Gasteiger partial charge in [-0.15, -0.1) is 0 Å².